The highest BCUT2D eigenvalue weighted by molar-refractivity contribution is 6.15. The van der Waals surface area contributed by atoms with Crippen molar-refractivity contribution in [3.8, 4) is 0 Å². The van der Waals surface area contributed by atoms with Crippen molar-refractivity contribution < 1.29 is 9.59 Å². The van der Waals surface area contributed by atoms with Crippen molar-refractivity contribution in [2.75, 3.05) is 0 Å². The average Bonchev–Trinajstić information content (AvgIpc) is 2.94. The number of fused-ring (bicyclic) bond motifs is 6. The van der Waals surface area contributed by atoms with Crippen molar-refractivity contribution in [3.63, 3.8) is 0 Å². The lowest BCUT2D eigenvalue weighted by molar-refractivity contribution is -0.142. The van der Waals surface area contributed by atoms with Gasteiger partial charge in [-0.25, -0.2) is 0 Å². The molecule has 3 fully saturated rings. The van der Waals surface area contributed by atoms with Gasteiger partial charge in [-0.1, -0.05) is 67.8 Å². The zero-order chi connectivity index (χ0) is 19.3. The van der Waals surface area contributed by atoms with Gasteiger partial charge in [0.2, 0.25) is 11.8 Å². The molecule has 0 spiro atoms. The minimum atomic E-state index is -0.163. The van der Waals surface area contributed by atoms with Gasteiger partial charge in [0.15, 0.2) is 0 Å². The molecule has 144 valence electrons. The normalized spacial score (nSPS) is 30.7. The van der Waals surface area contributed by atoms with E-state index in [1.54, 1.807) is 4.90 Å². The van der Waals surface area contributed by atoms with Crippen molar-refractivity contribution in [2.45, 2.75) is 50.0 Å². The molecule has 3 nitrogen and oxygen atoms in total. The van der Waals surface area contributed by atoms with Gasteiger partial charge in [-0.05, 0) is 45.5 Å². The van der Waals surface area contributed by atoms with Gasteiger partial charge in [-0.3, -0.25) is 14.5 Å². The van der Waals surface area contributed by atoms with Crippen molar-refractivity contribution >= 4 is 33.4 Å². The van der Waals surface area contributed by atoms with Gasteiger partial charge in [-0.2, -0.15) is 0 Å². The number of carbonyl (C=O) groups is 2. The summed E-state index contributed by atoms with van der Waals surface area (Å²) in [5.74, 6) is 0.184. The molecule has 2 unspecified atom stereocenters. The Bertz CT molecular complexity index is 1140. The number of nitrogens with zero attached hydrogens (tertiary/aromatic N) is 1. The maximum atomic E-state index is 13.5. The molecule has 1 aliphatic heterocycles. The van der Waals surface area contributed by atoms with Crippen molar-refractivity contribution in [1.82, 2.24) is 4.90 Å². The number of hydrogen-bond donors (Lipinski definition) is 0. The SMILES string of the molecule is O=C1C2C3c4cccc5ccc6cccc(c6c45)[C@H]3[C@H]2C(=O)N1C1CCCCC1. The Hall–Kier alpha value is -2.68. The van der Waals surface area contributed by atoms with E-state index in [4.69, 9.17) is 0 Å². The summed E-state index contributed by atoms with van der Waals surface area (Å²) >= 11 is 0. The first kappa shape index (κ1) is 16.2. The Morgan fingerprint density at radius 1 is 0.621 bits per heavy atom. The Morgan fingerprint density at radius 2 is 1.14 bits per heavy atom. The van der Waals surface area contributed by atoms with Crippen LogP contribution in [0, 0.1) is 11.8 Å². The van der Waals surface area contributed by atoms with Gasteiger partial charge in [0.1, 0.15) is 0 Å². The van der Waals surface area contributed by atoms with Crippen LogP contribution in [0.1, 0.15) is 55.1 Å². The summed E-state index contributed by atoms with van der Waals surface area (Å²) < 4.78 is 0. The zero-order valence-corrected chi connectivity index (χ0v) is 16.3. The average molecular weight is 381 g/mol. The molecule has 29 heavy (non-hydrogen) atoms. The summed E-state index contributed by atoms with van der Waals surface area (Å²) in [6, 6.07) is 17.5. The molecule has 1 saturated heterocycles. The minimum Gasteiger partial charge on any atom is -0.279 e. The number of amides is 2. The van der Waals surface area contributed by atoms with E-state index in [-0.39, 0.29) is 41.5 Å². The highest BCUT2D eigenvalue weighted by atomic mass is 16.2. The summed E-state index contributed by atoms with van der Waals surface area (Å²) in [7, 11) is 0. The molecule has 1 heterocycles. The Kier molecular flexibility index (Phi) is 3.05. The Labute approximate surface area is 169 Å². The van der Waals surface area contributed by atoms with E-state index in [0.29, 0.717) is 0 Å². The molecule has 0 bridgehead atoms. The number of rotatable bonds is 1. The van der Waals surface area contributed by atoms with E-state index in [9.17, 15) is 9.59 Å². The number of benzene rings is 3. The molecule has 3 heteroatoms. The first-order valence-electron chi connectivity index (χ1n) is 11.1. The van der Waals surface area contributed by atoms with Gasteiger partial charge in [-0.15, -0.1) is 0 Å². The molecule has 4 atom stereocenters. The number of imide groups is 1. The Morgan fingerprint density at radius 3 is 1.66 bits per heavy atom. The summed E-state index contributed by atoms with van der Waals surface area (Å²) in [6.07, 6.45) is 5.46. The molecular weight excluding hydrogens is 358 g/mol. The fourth-order valence-electron chi connectivity index (χ4n) is 7.03. The third-order valence-corrected chi connectivity index (χ3v) is 8.20. The molecule has 0 radical (unpaired) electrons. The van der Waals surface area contributed by atoms with Gasteiger partial charge < -0.3 is 0 Å². The Balaban J connectivity index is 1.43. The zero-order valence-electron chi connectivity index (χ0n) is 16.3. The maximum Gasteiger partial charge on any atom is 0.234 e. The lowest BCUT2D eigenvalue weighted by atomic mass is 9.51. The highest BCUT2D eigenvalue weighted by Gasteiger charge is 2.66. The second-order valence-corrected chi connectivity index (χ2v) is 9.40. The molecule has 7 rings (SSSR count). The number of likely N-dealkylation sites (tertiary alicyclic amines) is 1. The molecule has 2 saturated carbocycles. The summed E-state index contributed by atoms with van der Waals surface area (Å²) in [5.41, 5.74) is 2.56. The fraction of sp³-hybridized carbons (Fsp3) is 0.385. The van der Waals surface area contributed by atoms with Crippen molar-refractivity contribution in [3.05, 3.63) is 59.7 Å². The van der Waals surface area contributed by atoms with Crippen LogP contribution in [0.5, 0.6) is 0 Å². The van der Waals surface area contributed by atoms with Crippen LogP contribution in [-0.2, 0) is 9.59 Å². The van der Waals surface area contributed by atoms with Gasteiger partial charge in [0.25, 0.3) is 0 Å². The third kappa shape index (κ3) is 1.85. The van der Waals surface area contributed by atoms with E-state index in [0.717, 1.165) is 25.7 Å². The predicted molar refractivity (Wildman–Crippen MR) is 113 cm³/mol. The first-order chi connectivity index (χ1) is 14.3. The second-order valence-electron chi connectivity index (χ2n) is 9.40. The summed E-state index contributed by atoms with van der Waals surface area (Å²) in [5, 5.41) is 5.09. The maximum absolute atomic E-state index is 13.5. The second kappa shape index (κ2) is 5.47. The van der Waals surface area contributed by atoms with Crippen LogP contribution in [0.15, 0.2) is 48.5 Å². The molecule has 0 N–H and O–H groups in total. The van der Waals surface area contributed by atoms with Gasteiger partial charge in [0, 0.05) is 17.9 Å². The van der Waals surface area contributed by atoms with Crippen LogP contribution in [0.2, 0.25) is 0 Å². The summed E-state index contributed by atoms with van der Waals surface area (Å²) in [4.78, 5) is 28.7. The smallest absolute Gasteiger partial charge is 0.234 e. The first-order valence-corrected chi connectivity index (χ1v) is 11.1. The molecule has 3 aromatic carbocycles. The topological polar surface area (TPSA) is 37.4 Å². The fourth-order valence-corrected chi connectivity index (χ4v) is 7.03. The quantitative estimate of drug-likeness (QED) is 0.433. The van der Waals surface area contributed by atoms with E-state index in [1.807, 2.05) is 0 Å². The minimum absolute atomic E-state index is 0.108. The lowest BCUT2D eigenvalue weighted by Gasteiger charge is -2.49. The van der Waals surface area contributed by atoms with E-state index in [2.05, 4.69) is 48.5 Å². The van der Waals surface area contributed by atoms with Crippen LogP contribution >= 0.6 is 0 Å². The van der Waals surface area contributed by atoms with Crippen LogP contribution in [0.25, 0.3) is 21.5 Å². The molecule has 2 amide bonds. The van der Waals surface area contributed by atoms with Crippen LogP contribution < -0.4 is 0 Å². The largest absolute Gasteiger partial charge is 0.279 e. The van der Waals surface area contributed by atoms with Crippen LogP contribution in [0.4, 0.5) is 0 Å². The monoisotopic (exact) mass is 381 g/mol. The van der Waals surface area contributed by atoms with Crippen molar-refractivity contribution in [1.29, 1.82) is 0 Å². The van der Waals surface area contributed by atoms with E-state index >= 15 is 0 Å². The number of hydrogen-bond acceptors (Lipinski definition) is 2. The summed E-state index contributed by atoms with van der Waals surface area (Å²) in [6.45, 7) is 0. The predicted octanol–water partition coefficient (Wildman–Crippen LogP) is 5.12. The van der Waals surface area contributed by atoms with Gasteiger partial charge in [0.05, 0.1) is 11.8 Å². The number of carbonyl (C=O) groups excluding carboxylic acids is 2. The van der Waals surface area contributed by atoms with Crippen LogP contribution in [0.3, 0.4) is 0 Å². The van der Waals surface area contributed by atoms with E-state index in [1.165, 1.54) is 39.1 Å². The lowest BCUT2D eigenvalue weighted by Crippen LogP contribution is -2.46. The van der Waals surface area contributed by atoms with Crippen molar-refractivity contribution in [2.24, 2.45) is 11.8 Å². The molecule has 0 aromatic heterocycles. The highest BCUT2D eigenvalue weighted by Crippen LogP contribution is 2.66. The van der Waals surface area contributed by atoms with Gasteiger partial charge >= 0.3 is 0 Å². The standard InChI is InChI=1S/C26H23NO2/c28-25-23-21-17-10-4-6-14-12-13-15-7-5-11-18(20(15)19(14)17)22(21)24(23)26(29)27(25)16-8-2-1-3-9-16/h4-7,10-13,16,21-24H,1-3,8-9H2/t21-,22?,23-,24?/m1/s1. The molecule has 3 aromatic rings. The molecule has 3 aliphatic carbocycles. The van der Waals surface area contributed by atoms with E-state index < -0.39 is 0 Å². The molecule has 4 aliphatic rings. The molecular formula is C26H23NO2. The third-order valence-electron chi connectivity index (χ3n) is 8.20. The van der Waals surface area contributed by atoms with Crippen LogP contribution in [-0.4, -0.2) is 22.8 Å².